The average Bonchev–Trinajstić information content (AvgIpc) is 2.56. The monoisotopic (exact) mass is 210 g/mol. The van der Waals surface area contributed by atoms with Crippen LogP contribution in [-0.2, 0) is 5.41 Å². The molecular formula is C16H18. The number of benzene rings is 1. The van der Waals surface area contributed by atoms with Gasteiger partial charge in [-0.3, -0.25) is 0 Å². The zero-order valence-corrected chi connectivity index (χ0v) is 10.2. The van der Waals surface area contributed by atoms with Crippen LogP contribution in [0.2, 0.25) is 0 Å². The molecule has 0 bridgehead atoms. The molecule has 0 aromatic heterocycles. The van der Waals surface area contributed by atoms with Crippen molar-refractivity contribution >= 4 is 0 Å². The van der Waals surface area contributed by atoms with Crippen molar-refractivity contribution < 1.29 is 0 Å². The van der Waals surface area contributed by atoms with Crippen LogP contribution in [0.4, 0.5) is 0 Å². The Bertz CT molecular complexity index is 496. The number of hydrogen-bond donors (Lipinski definition) is 0. The van der Waals surface area contributed by atoms with Crippen LogP contribution in [0.3, 0.4) is 0 Å². The van der Waals surface area contributed by atoms with E-state index in [2.05, 4.69) is 63.3 Å². The van der Waals surface area contributed by atoms with Gasteiger partial charge in [0.2, 0.25) is 0 Å². The van der Waals surface area contributed by atoms with Gasteiger partial charge in [0.05, 0.1) is 0 Å². The molecule has 3 aliphatic carbocycles. The van der Waals surface area contributed by atoms with Crippen molar-refractivity contribution in [2.75, 3.05) is 0 Å². The Hall–Kier alpha value is -1.04. The Morgan fingerprint density at radius 2 is 1.50 bits per heavy atom. The molecule has 1 aromatic rings. The van der Waals surface area contributed by atoms with Crippen LogP contribution in [0, 0.1) is 22.7 Å². The summed E-state index contributed by atoms with van der Waals surface area (Å²) in [5, 5.41) is 0. The van der Waals surface area contributed by atoms with E-state index >= 15 is 0 Å². The molecule has 0 saturated heterocycles. The third-order valence-corrected chi connectivity index (χ3v) is 6.35. The Morgan fingerprint density at radius 3 is 2.00 bits per heavy atom. The van der Waals surface area contributed by atoms with E-state index in [1.165, 1.54) is 0 Å². The summed E-state index contributed by atoms with van der Waals surface area (Å²) >= 11 is 0. The van der Waals surface area contributed by atoms with Gasteiger partial charge in [0.15, 0.2) is 0 Å². The summed E-state index contributed by atoms with van der Waals surface area (Å²) < 4.78 is 0. The van der Waals surface area contributed by atoms with Crippen molar-refractivity contribution in [3.05, 3.63) is 48.0 Å². The Kier molecular flexibility index (Phi) is 1.22. The fraction of sp³-hybridized carbons (Fsp3) is 0.500. The van der Waals surface area contributed by atoms with Crippen molar-refractivity contribution in [3.8, 4) is 0 Å². The first-order chi connectivity index (χ1) is 7.58. The van der Waals surface area contributed by atoms with E-state index in [0.29, 0.717) is 16.2 Å². The van der Waals surface area contributed by atoms with E-state index < -0.39 is 0 Å². The van der Waals surface area contributed by atoms with Gasteiger partial charge < -0.3 is 0 Å². The molecule has 3 aliphatic rings. The molecule has 0 nitrogen and oxygen atoms in total. The zero-order chi connectivity index (χ0) is 11.2. The second-order valence-corrected chi connectivity index (χ2v) is 6.44. The van der Waals surface area contributed by atoms with Crippen molar-refractivity contribution in [2.45, 2.75) is 26.2 Å². The first-order valence-electron chi connectivity index (χ1n) is 6.32. The number of fused-ring (bicyclic) bond motifs is 4. The summed E-state index contributed by atoms with van der Waals surface area (Å²) in [6.45, 7) is 7.41. The number of rotatable bonds is 1. The van der Waals surface area contributed by atoms with Crippen molar-refractivity contribution in [1.29, 1.82) is 0 Å². The second-order valence-electron chi connectivity index (χ2n) is 6.44. The van der Waals surface area contributed by atoms with Crippen molar-refractivity contribution in [2.24, 2.45) is 22.7 Å². The second kappa shape index (κ2) is 2.16. The van der Waals surface area contributed by atoms with Crippen LogP contribution in [0.15, 0.2) is 42.5 Å². The summed E-state index contributed by atoms with van der Waals surface area (Å²) in [6, 6.07) is 11.2. The molecule has 0 heterocycles. The first-order valence-corrected chi connectivity index (χ1v) is 6.32. The highest BCUT2D eigenvalue weighted by Gasteiger charge is 2.93. The van der Waals surface area contributed by atoms with Gasteiger partial charge in [-0.1, -0.05) is 63.3 Å². The summed E-state index contributed by atoms with van der Waals surface area (Å²) in [7, 11) is 0. The quantitative estimate of drug-likeness (QED) is 0.619. The fourth-order valence-electron chi connectivity index (χ4n) is 5.37. The summed E-state index contributed by atoms with van der Waals surface area (Å²) in [6.07, 6.45) is 4.87. The van der Waals surface area contributed by atoms with Crippen LogP contribution in [0.1, 0.15) is 26.3 Å². The molecule has 0 aliphatic heterocycles. The van der Waals surface area contributed by atoms with Gasteiger partial charge in [0.1, 0.15) is 0 Å². The molecule has 0 unspecified atom stereocenters. The van der Waals surface area contributed by atoms with Crippen LogP contribution in [0.5, 0.6) is 0 Å². The van der Waals surface area contributed by atoms with Crippen LogP contribution in [0.25, 0.3) is 0 Å². The Balaban J connectivity index is 1.93. The van der Waals surface area contributed by atoms with E-state index in [1.807, 2.05) is 0 Å². The zero-order valence-electron chi connectivity index (χ0n) is 10.2. The minimum atomic E-state index is 0.445. The largest absolute Gasteiger partial charge is 0.0839 e. The summed E-state index contributed by atoms with van der Waals surface area (Å²) in [5.41, 5.74) is 2.98. The minimum absolute atomic E-state index is 0.445. The van der Waals surface area contributed by atoms with Crippen LogP contribution in [-0.4, -0.2) is 0 Å². The molecule has 0 radical (unpaired) electrons. The van der Waals surface area contributed by atoms with Gasteiger partial charge in [-0.2, -0.15) is 0 Å². The highest BCUT2D eigenvalue weighted by atomic mass is 15.0. The van der Waals surface area contributed by atoms with Gasteiger partial charge in [-0.05, 0) is 28.2 Å². The van der Waals surface area contributed by atoms with Gasteiger partial charge in [0.25, 0.3) is 0 Å². The van der Waals surface area contributed by atoms with Crippen molar-refractivity contribution in [1.82, 2.24) is 0 Å². The van der Waals surface area contributed by atoms with E-state index in [4.69, 9.17) is 0 Å². The van der Waals surface area contributed by atoms with Crippen LogP contribution < -0.4 is 0 Å². The maximum atomic E-state index is 2.49. The summed E-state index contributed by atoms with van der Waals surface area (Å²) in [5.74, 6) is 1.66. The van der Waals surface area contributed by atoms with E-state index in [0.717, 1.165) is 11.8 Å². The molecule has 2 fully saturated rings. The number of allylic oxidation sites excluding steroid dienone is 2. The molecule has 0 amide bonds. The molecule has 4 atom stereocenters. The van der Waals surface area contributed by atoms with Gasteiger partial charge in [-0.25, -0.2) is 0 Å². The normalized spacial score (nSPS) is 49.7. The molecule has 82 valence electrons. The lowest BCUT2D eigenvalue weighted by molar-refractivity contribution is 0.0935. The average molecular weight is 210 g/mol. The highest BCUT2D eigenvalue weighted by molar-refractivity contribution is 5.59. The summed E-state index contributed by atoms with van der Waals surface area (Å²) in [4.78, 5) is 0. The smallest absolute Gasteiger partial charge is 0.0143 e. The molecule has 4 rings (SSSR count). The predicted octanol–water partition coefficient (Wildman–Crippen LogP) is 3.79. The fourth-order valence-corrected chi connectivity index (χ4v) is 5.37. The molecule has 0 heteroatoms. The topological polar surface area (TPSA) is 0 Å². The third-order valence-electron chi connectivity index (χ3n) is 6.35. The predicted molar refractivity (Wildman–Crippen MR) is 66.1 cm³/mol. The Labute approximate surface area is 97.4 Å². The maximum Gasteiger partial charge on any atom is 0.0143 e. The maximum absolute atomic E-state index is 2.49. The van der Waals surface area contributed by atoms with E-state index in [-0.39, 0.29) is 0 Å². The lowest BCUT2D eigenvalue weighted by Crippen LogP contribution is -2.50. The lowest BCUT2D eigenvalue weighted by Gasteiger charge is -2.53. The lowest BCUT2D eigenvalue weighted by atomic mass is 9.50. The molecule has 0 N–H and O–H groups in total. The van der Waals surface area contributed by atoms with E-state index in [9.17, 15) is 0 Å². The molecular weight excluding hydrogens is 192 g/mol. The number of hydrogen-bond acceptors (Lipinski definition) is 0. The van der Waals surface area contributed by atoms with Crippen LogP contribution >= 0.6 is 0 Å². The third kappa shape index (κ3) is 0.533. The highest BCUT2D eigenvalue weighted by Crippen LogP contribution is 2.94. The minimum Gasteiger partial charge on any atom is -0.0839 e. The standard InChI is InChI=1S/C16H18/c1-14(2)15(3)12-9-10-13(12)16(14,15)11-7-5-4-6-8-11/h4-10,12-13H,1-3H3/t12-,13-,15+,16+/m0/s1. The Morgan fingerprint density at radius 1 is 0.875 bits per heavy atom. The SMILES string of the molecule is CC1(C)[C@@]2(C)[C@H]3C=C[C@@H]3[C@]12c1ccccc1. The van der Waals surface area contributed by atoms with Gasteiger partial charge in [-0.15, -0.1) is 0 Å². The molecule has 16 heavy (non-hydrogen) atoms. The molecule has 0 spiro atoms. The molecule has 2 saturated carbocycles. The molecule has 1 aromatic carbocycles. The van der Waals surface area contributed by atoms with Crippen molar-refractivity contribution in [3.63, 3.8) is 0 Å². The van der Waals surface area contributed by atoms with E-state index in [1.54, 1.807) is 5.56 Å². The van der Waals surface area contributed by atoms with Gasteiger partial charge >= 0.3 is 0 Å². The first kappa shape index (κ1) is 9.04. The van der Waals surface area contributed by atoms with Gasteiger partial charge in [0, 0.05) is 5.41 Å².